The van der Waals surface area contributed by atoms with E-state index >= 15 is 0 Å². The molecule has 1 spiro atoms. The molecular formula is C12H21NO3. The normalized spacial score (nSPS) is 30.1. The molecule has 2 rings (SSSR count). The summed E-state index contributed by atoms with van der Waals surface area (Å²) in [5.74, 6) is 0. The maximum absolute atomic E-state index is 11.9. The highest BCUT2D eigenvalue weighted by molar-refractivity contribution is 5.68. The Kier molecular flexibility index (Phi) is 2.86. The minimum absolute atomic E-state index is 0.0465. The quantitative estimate of drug-likeness (QED) is 0.636. The van der Waals surface area contributed by atoms with Crippen LogP contribution in [0.5, 0.6) is 0 Å². The molecule has 0 aliphatic carbocycles. The number of amides is 1. The molecule has 2 aliphatic rings. The van der Waals surface area contributed by atoms with E-state index in [0.717, 1.165) is 32.4 Å². The van der Waals surface area contributed by atoms with Gasteiger partial charge in [0.2, 0.25) is 0 Å². The van der Waals surface area contributed by atoms with Crippen LogP contribution < -0.4 is 0 Å². The van der Waals surface area contributed by atoms with Crippen molar-refractivity contribution in [2.24, 2.45) is 0 Å². The molecule has 0 bridgehead atoms. The molecular weight excluding hydrogens is 206 g/mol. The molecule has 4 nitrogen and oxygen atoms in total. The van der Waals surface area contributed by atoms with Crippen molar-refractivity contribution in [2.75, 3.05) is 19.7 Å². The standard InChI is InChI=1S/C12H21NO3/c1-11(2,3)16-10(14)13-7-4-5-12(9-13)6-8-15-12/h4-9H2,1-3H3. The van der Waals surface area contributed by atoms with Crippen LogP contribution in [0, 0.1) is 0 Å². The van der Waals surface area contributed by atoms with Crippen LogP contribution in [0.15, 0.2) is 0 Å². The summed E-state index contributed by atoms with van der Waals surface area (Å²) in [6.45, 7) is 8.00. The second-order valence-corrected chi connectivity index (χ2v) is 5.79. The zero-order valence-corrected chi connectivity index (χ0v) is 10.4. The molecule has 0 aromatic carbocycles. The van der Waals surface area contributed by atoms with E-state index in [1.54, 1.807) is 4.90 Å². The zero-order valence-electron chi connectivity index (χ0n) is 10.4. The van der Waals surface area contributed by atoms with Crippen LogP contribution in [0.4, 0.5) is 4.79 Å². The maximum atomic E-state index is 11.9. The predicted octanol–water partition coefficient (Wildman–Crippen LogP) is 2.18. The fourth-order valence-electron chi connectivity index (χ4n) is 2.29. The smallest absolute Gasteiger partial charge is 0.410 e. The minimum atomic E-state index is -0.415. The minimum Gasteiger partial charge on any atom is -0.444 e. The molecule has 2 heterocycles. The van der Waals surface area contributed by atoms with Gasteiger partial charge in [0.25, 0.3) is 0 Å². The highest BCUT2D eigenvalue weighted by atomic mass is 16.6. The van der Waals surface area contributed by atoms with Crippen molar-refractivity contribution < 1.29 is 14.3 Å². The van der Waals surface area contributed by atoms with Gasteiger partial charge in [0, 0.05) is 13.0 Å². The van der Waals surface area contributed by atoms with Gasteiger partial charge in [0.1, 0.15) is 5.60 Å². The van der Waals surface area contributed by atoms with E-state index < -0.39 is 5.60 Å². The molecule has 2 saturated heterocycles. The van der Waals surface area contributed by atoms with Gasteiger partial charge in [0.15, 0.2) is 0 Å². The van der Waals surface area contributed by atoms with Gasteiger partial charge in [-0.05, 0) is 33.6 Å². The van der Waals surface area contributed by atoms with Crippen LogP contribution in [0.1, 0.15) is 40.0 Å². The fraction of sp³-hybridized carbons (Fsp3) is 0.917. The molecule has 1 unspecified atom stereocenters. The summed E-state index contributed by atoms with van der Waals surface area (Å²) in [7, 11) is 0. The summed E-state index contributed by atoms with van der Waals surface area (Å²) < 4.78 is 11.0. The van der Waals surface area contributed by atoms with Crippen LogP contribution in [0.2, 0.25) is 0 Å². The van der Waals surface area contributed by atoms with E-state index in [-0.39, 0.29) is 11.7 Å². The molecule has 0 aromatic heterocycles. The van der Waals surface area contributed by atoms with Crippen molar-refractivity contribution in [3.63, 3.8) is 0 Å². The number of rotatable bonds is 0. The Bertz CT molecular complexity index is 278. The predicted molar refractivity (Wildman–Crippen MR) is 60.3 cm³/mol. The molecule has 0 N–H and O–H groups in total. The van der Waals surface area contributed by atoms with E-state index in [9.17, 15) is 4.79 Å². The first-order valence-electron chi connectivity index (χ1n) is 6.02. The number of ether oxygens (including phenoxy) is 2. The van der Waals surface area contributed by atoms with E-state index in [2.05, 4.69) is 0 Å². The summed E-state index contributed by atoms with van der Waals surface area (Å²) in [6, 6.07) is 0. The fourth-order valence-corrected chi connectivity index (χ4v) is 2.29. The number of hydrogen-bond donors (Lipinski definition) is 0. The van der Waals surface area contributed by atoms with Gasteiger partial charge in [-0.2, -0.15) is 0 Å². The lowest BCUT2D eigenvalue weighted by molar-refractivity contribution is -0.174. The largest absolute Gasteiger partial charge is 0.444 e. The first-order valence-corrected chi connectivity index (χ1v) is 6.02. The van der Waals surface area contributed by atoms with Crippen molar-refractivity contribution in [3.8, 4) is 0 Å². The Labute approximate surface area is 96.9 Å². The second kappa shape index (κ2) is 3.91. The number of likely N-dealkylation sites (tertiary alicyclic amines) is 1. The Morgan fingerprint density at radius 2 is 2.06 bits per heavy atom. The van der Waals surface area contributed by atoms with E-state index in [4.69, 9.17) is 9.47 Å². The molecule has 0 saturated carbocycles. The molecule has 0 radical (unpaired) electrons. The number of carbonyl (C=O) groups excluding carboxylic acids is 1. The van der Waals surface area contributed by atoms with Gasteiger partial charge in [-0.15, -0.1) is 0 Å². The van der Waals surface area contributed by atoms with Crippen LogP contribution >= 0.6 is 0 Å². The van der Waals surface area contributed by atoms with Gasteiger partial charge < -0.3 is 14.4 Å². The SMILES string of the molecule is CC(C)(C)OC(=O)N1CCCC2(CCO2)C1. The summed E-state index contributed by atoms with van der Waals surface area (Å²) in [6.07, 6.45) is 2.96. The summed E-state index contributed by atoms with van der Waals surface area (Å²) in [5.41, 5.74) is -0.461. The Balaban J connectivity index is 1.91. The van der Waals surface area contributed by atoms with Gasteiger partial charge in [-0.3, -0.25) is 0 Å². The molecule has 4 heteroatoms. The average Bonchev–Trinajstić information content (AvgIpc) is 2.13. The van der Waals surface area contributed by atoms with Crippen molar-refractivity contribution >= 4 is 6.09 Å². The summed E-state index contributed by atoms with van der Waals surface area (Å²) >= 11 is 0. The first-order chi connectivity index (χ1) is 7.40. The van der Waals surface area contributed by atoms with E-state index in [1.165, 1.54) is 0 Å². The van der Waals surface area contributed by atoms with Crippen LogP contribution in [0.25, 0.3) is 0 Å². The third-order valence-electron chi connectivity index (χ3n) is 3.16. The van der Waals surface area contributed by atoms with Crippen LogP contribution in [0.3, 0.4) is 0 Å². The third-order valence-corrected chi connectivity index (χ3v) is 3.16. The van der Waals surface area contributed by atoms with E-state index in [0.29, 0.717) is 6.54 Å². The summed E-state index contributed by atoms with van der Waals surface area (Å²) in [5, 5.41) is 0. The molecule has 2 fully saturated rings. The van der Waals surface area contributed by atoms with Crippen molar-refractivity contribution in [1.29, 1.82) is 0 Å². The topological polar surface area (TPSA) is 38.8 Å². The van der Waals surface area contributed by atoms with E-state index in [1.807, 2.05) is 20.8 Å². The van der Waals surface area contributed by atoms with Gasteiger partial charge >= 0.3 is 6.09 Å². The van der Waals surface area contributed by atoms with Crippen molar-refractivity contribution in [1.82, 2.24) is 4.90 Å². The van der Waals surface area contributed by atoms with Crippen LogP contribution in [-0.2, 0) is 9.47 Å². The monoisotopic (exact) mass is 227 g/mol. The van der Waals surface area contributed by atoms with Gasteiger partial charge in [-0.25, -0.2) is 4.79 Å². The lowest BCUT2D eigenvalue weighted by Crippen LogP contribution is -2.57. The average molecular weight is 227 g/mol. The van der Waals surface area contributed by atoms with Crippen LogP contribution in [-0.4, -0.2) is 41.9 Å². The summed E-state index contributed by atoms with van der Waals surface area (Å²) in [4.78, 5) is 13.7. The van der Waals surface area contributed by atoms with Gasteiger partial charge in [-0.1, -0.05) is 0 Å². The lowest BCUT2D eigenvalue weighted by atomic mass is 9.86. The van der Waals surface area contributed by atoms with Gasteiger partial charge in [0.05, 0.1) is 18.8 Å². The molecule has 16 heavy (non-hydrogen) atoms. The number of hydrogen-bond acceptors (Lipinski definition) is 3. The Hall–Kier alpha value is -0.770. The second-order valence-electron chi connectivity index (χ2n) is 5.79. The molecule has 1 atom stereocenters. The number of nitrogens with zero attached hydrogens (tertiary/aromatic N) is 1. The lowest BCUT2D eigenvalue weighted by Gasteiger charge is -2.48. The molecule has 2 aliphatic heterocycles. The van der Waals surface area contributed by atoms with Crippen molar-refractivity contribution in [2.45, 2.75) is 51.2 Å². The first kappa shape index (κ1) is 11.7. The Morgan fingerprint density at radius 1 is 1.38 bits per heavy atom. The number of piperidine rings is 1. The molecule has 0 aromatic rings. The molecule has 1 amide bonds. The van der Waals surface area contributed by atoms with Crippen molar-refractivity contribution in [3.05, 3.63) is 0 Å². The zero-order chi connectivity index (χ0) is 11.8. The molecule has 92 valence electrons. The Morgan fingerprint density at radius 3 is 2.56 bits per heavy atom. The maximum Gasteiger partial charge on any atom is 0.410 e. The highest BCUT2D eigenvalue weighted by Crippen LogP contribution is 2.35. The highest BCUT2D eigenvalue weighted by Gasteiger charge is 2.43. The number of carbonyl (C=O) groups is 1. The third kappa shape index (κ3) is 2.48.